The Labute approximate surface area is 103 Å². The Morgan fingerprint density at radius 1 is 1.18 bits per heavy atom. The lowest BCUT2D eigenvalue weighted by atomic mass is 9.92. The molecule has 0 unspecified atom stereocenters. The van der Waals surface area contributed by atoms with Gasteiger partial charge < -0.3 is 4.74 Å². The summed E-state index contributed by atoms with van der Waals surface area (Å²) in [7, 11) is 0. The second-order valence-corrected chi connectivity index (χ2v) is 5.03. The first-order chi connectivity index (χ1) is 8.40. The number of rotatable bonds is 3. The van der Waals surface area contributed by atoms with Crippen LogP contribution in [0, 0.1) is 12.3 Å². The Hall–Kier alpha value is -1.26. The molecule has 0 aromatic heterocycles. The number of hydrogen-bond acceptors (Lipinski definition) is 1. The van der Waals surface area contributed by atoms with Crippen molar-refractivity contribution in [3.63, 3.8) is 0 Å². The zero-order valence-electron chi connectivity index (χ0n) is 10.2. The minimum absolute atomic E-state index is 0.813. The van der Waals surface area contributed by atoms with E-state index in [1.165, 1.54) is 36.0 Å². The standard InChI is InChI=1S/C16H18O/c1-2-3-4-6-13-9-12-7-5-8-14(12)16-11-17-10-15(13)16/h1,9H,3-8,10-11H2. The fourth-order valence-corrected chi connectivity index (χ4v) is 3.16. The van der Waals surface area contributed by atoms with Crippen LogP contribution in [0.1, 0.15) is 47.1 Å². The number of fused-ring (bicyclic) bond motifs is 3. The molecule has 1 heterocycles. The molecule has 1 nitrogen and oxygen atoms in total. The Morgan fingerprint density at radius 2 is 2.06 bits per heavy atom. The summed E-state index contributed by atoms with van der Waals surface area (Å²) in [5.41, 5.74) is 7.65. The smallest absolute Gasteiger partial charge is 0.0727 e. The molecule has 3 rings (SSSR count). The van der Waals surface area contributed by atoms with E-state index >= 15 is 0 Å². The highest BCUT2D eigenvalue weighted by atomic mass is 16.5. The lowest BCUT2D eigenvalue weighted by molar-refractivity contribution is 0.134. The number of unbranched alkanes of at least 4 members (excludes halogenated alkanes) is 1. The van der Waals surface area contributed by atoms with E-state index in [9.17, 15) is 0 Å². The molecule has 0 spiro atoms. The van der Waals surface area contributed by atoms with Crippen molar-refractivity contribution in [1.29, 1.82) is 0 Å². The van der Waals surface area contributed by atoms with Crippen molar-refractivity contribution in [2.45, 2.75) is 51.7 Å². The summed E-state index contributed by atoms with van der Waals surface area (Å²) >= 11 is 0. The molecule has 88 valence electrons. The third-order valence-corrected chi connectivity index (χ3v) is 3.99. The summed E-state index contributed by atoms with van der Waals surface area (Å²) in [6.45, 7) is 1.65. The van der Waals surface area contributed by atoms with Gasteiger partial charge in [-0.25, -0.2) is 0 Å². The molecule has 1 heteroatoms. The number of terminal acetylenes is 1. The molecular weight excluding hydrogens is 208 g/mol. The highest BCUT2D eigenvalue weighted by Crippen LogP contribution is 2.35. The van der Waals surface area contributed by atoms with Gasteiger partial charge in [-0.1, -0.05) is 6.07 Å². The summed E-state index contributed by atoms with van der Waals surface area (Å²) in [5, 5.41) is 0. The van der Waals surface area contributed by atoms with E-state index in [-0.39, 0.29) is 0 Å². The van der Waals surface area contributed by atoms with Crippen LogP contribution in [-0.2, 0) is 37.2 Å². The number of benzene rings is 1. The maximum atomic E-state index is 5.65. The van der Waals surface area contributed by atoms with Crippen LogP contribution in [0.3, 0.4) is 0 Å². The van der Waals surface area contributed by atoms with E-state index in [2.05, 4.69) is 12.0 Å². The molecule has 1 aromatic carbocycles. The van der Waals surface area contributed by atoms with Gasteiger partial charge in [-0.05, 0) is 59.9 Å². The normalized spacial score (nSPS) is 16.6. The van der Waals surface area contributed by atoms with Gasteiger partial charge in [0.25, 0.3) is 0 Å². The first-order valence-corrected chi connectivity index (χ1v) is 6.56. The van der Waals surface area contributed by atoms with Crippen molar-refractivity contribution in [2.75, 3.05) is 0 Å². The van der Waals surface area contributed by atoms with Gasteiger partial charge in [0.1, 0.15) is 0 Å². The van der Waals surface area contributed by atoms with Gasteiger partial charge in [-0.3, -0.25) is 0 Å². The molecule has 0 fully saturated rings. The van der Waals surface area contributed by atoms with Gasteiger partial charge in [0.15, 0.2) is 0 Å². The van der Waals surface area contributed by atoms with E-state index in [1.807, 2.05) is 0 Å². The third-order valence-electron chi connectivity index (χ3n) is 3.99. The maximum absolute atomic E-state index is 5.65. The van der Waals surface area contributed by atoms with Crippen LogP contribution in [0.5, 0.6) is 0 Å². The summed E-state index contributed by atoms with van der Waals surface area (Å²) in [6.07, 6.45) is 12.2. The van der Waals surface area contributed by atoms with Crippen molar-refractivity contribution in [3.05, 3.63) is 33.9 Å². The third kappa shape index (κ3) is 1.87. The molecular formula is C16H18O. The SMILES string of the molecule is C#CCCCc1cc2c(c3c1COC3)CCC2. The maximum Gasteiger partial charge on any atom is 0.0727 e. The molecule has 2 aliphatic rings. The van der Waals surface area contributed by atoms with E-state index in [4.69, 9.17) is 11.2 Å². The van der Waals surface area contributed by atoms with Gasteiger partial charge in [0.2, 0.25) is 0 Å². The second-order valence-electron chi connectivity index (χ2n) is 5.03. The molecule has 0 atom stereocenters. The molecule has 0 amide bonds. The molecule has 1 aliphatic heterocycles. The average molecular weight is 226 g/mol. The Bertz CT molecular complexity index is 479. The van der Waals surface area contributed by atoms with Gasteiger partial charge in [-0.2, -0.15) is 0 Å². The van der Waals surface area contributed by atoms with Gasteiger partial charge >= 0.3 is 0 Å². The summed E-state index contributed by atoms with van der Waals surface area (Å²) < 4.78 is 5.65. The molecule has 1 aromatic rings. The second kappa shape index (κ2) is 4.55. The fourth-order valence-electron chi connectivity index (χ4n) is 3.16. The van der Waals surface area contributed by atoms with Crippen molar-refractivity contribution < 1.29 is 4.74 Å². The van der Waals surface area contributed by atoms with Crippen LogP contribution in [0.25, 0.3) is 0 Å². The lowest BCUT2D eigenvalue weighted by Gasteiger charge is -2.12. The predicted octanol–water partition coefficient (Wildman–Crippen LogP) is 3.16. The molecule has 0 N–H and O–H groups in total. The van der Waals surface area contributed by atoms with E-state index in [0.717, 1.165) is 32.5 Å². The molecule has 1 aliphatic carbocycles. The molecule has 17 heavy (non-hydrogen) atoms. The van der Waals surface area contributed by atoms with Gasteiger partial charge in [0.05, 0.1) is 13.2 Å². The van der Waals surface area contributed by atoms with E-state index in [0.29, 0.717) is 0 Å². The highest BCUT2D eigenvalue weighted by molar-refractivity contribution is 5.49. The summed E-state index contributed by atoms with van der Waals surface area (Å²) in [5.74, 6) is 2.73. The molecule has 0 saturated heterocycles. The van der Waals surface area contributed by atoms with E-state index in [1.54, 1.807) is 11.1 Å². The van der Waals surface area contributed by atoms with Crippen LogP contribution >= 0.6 is 0 Å². The van der Waals surface area contributed by atoms with Crippen molar-refractivity contribution in [2.24, 2.45) is 0 Å². The molecule has 0 radical (unpaired) electrons. The topological polar surface area (TPSA) is 9.23 Å². The Balaban J connectivity index is 1.94. The van der Waals surface area contributed by atoms with Crippen LogP contribution < -0.4 is 0 Å². The largest absolute Gasteiger partial charge is 0.372 e. The number of hydrogen-bond donors (Lipinski definition) is 0. The Kier molecular flexibility index (Phi) is 2.91. The fraction of sp³-hybridized carbons (Fsp3) is 0.500. The quantitative estimate of drug-likeness (QED) is 0.568. The minimum atomic E-state index is 0.813. The lowest BCUT2D eigenvalue weighted by Crippen LogP contribution is -1.99. The summed E-state index contributed by atoms with van der Waals surface area (Å²) in [4.78, 5) is 0. The molecule has 0 saturated carbocycles. The minimum Gasteiger partial charge on any atom is -0.372 e. The van der Waals surface area contributed by atoms with Gasteiger partial charge in [0, 0.05) is 6.42 Å². The van der Waals surface area contributed by atoms with Crippen LogP contribution in [0.15, 0.2) is 6.07 Å². The van der Waals surface area contributed by atoms with Crippen molar-refractivity contribution >= 4 is 0 Å². The van der Waals surface area contributed by atoms with Crippen LogP contribution in [-0.4, -0.2) is 0 Å². The number of ether oxygens (including phenoxy) is 1. The monoisotopic (exact) mass is 226 g/mol. The summed E-state index contributed by atoms with van der Waals surface area (Å²) in [6, 6.07) is 2.42. The zero-order valence-corrected chi connectivity index (χ0v) is 10.2. The first kappa shape index (κ1) is 10.9. The average Bonchev–Trinajstić information content (AvgIpc) is 2.96. The van der Waals surface area contributed by atoms with Crippen molar-refractivity contribution in [1.82, 2.24) is 0 Å². The zero-order chi connectivity index (χ0) is 11.7. The first-order valence-electron chi connectivity index (χ1n) is 6.56. The molecule has 0 bridgehead atoms. The number of aryl methyl sites for hydroxylation is 2. The highest BCUT2D eigenvalue weighted by Gasteiger charge is 2.24. The van der Waals surface area contributed by atoms with Crippen LogP contribution in [0.2, 0.25) is 0 Å². The van der Waals surface area contributed by atoms with E-state index < -0.39 is 0 Å². The van der Waals surface area contributed by atoms with Crippen molar-refractivity contribution in [3.8, 4) is 12.3 Å². The van der Waals surface area contributed by atoms with Gasteiger partial charge in [-0.15, -0.1) is 12.3 Å². The Morgan fingerprint density at radius 3 is 2.94 bits per heavy atom. The predicted molar refractivity (Wildman–Crippen MR) is 68.7 cm³/mol. The van der Waals surface area contributed by atoms with Crippen LogP contribution in [0.4, 0.5) is 0 Å².